The molecule has 3 aliphatic heterocycles. The number of aliphatic hydroxyl groups is 4. The van der Waals surface area contributed by atoms with E-state index < -0.39 is 77.4 Å². The molecular formula is C96H97BrCl3F5N16O11S. The first-order valence-electron chi connectivity index (χ1n) is 42.5. The van der Waals surface area contributed by atoms with Gasteiger partial charge in [0.05, 0.1) is 114 Å². The van der Waals surface area contributed by atoms with Gasteiger partial charge in [0, 0.05) is 112 Å². The van der Waals surface area contributed by atoms with Gasteiger partial charge in [0.15, 0.2) is 0 Å². The van der Waals surface area contributed by atoms with Gasteiger partial charge >= 0.3 is 0 Å². The van der Waals surface area contributed by atoms with Crippen molar-refractivity contribution in [3.63, 3.8) is 0 Å². The Bertz CT molecular complexity index is 5910. The molecule has 3 atom stereocenters. The maximum absolute atomic E-state index is 15.0. The van der Waals surface area contributed by atoms with Crippen molar-refractivity contribution in [3.8, 4) is 45.0 Å². The fourth-order valence-corrected chi connectivity index (χ4v) is 16.7. The lowest BCUT2D eigenvalue weighted by Crippen LogP contribution is -2.31. The van der Waals surface area contributed by atoms with E-state index in [2.05, 4.69) is 77.1 Å². The van der Waals surface area contributed by atoms with Gasteiger partial charge in [-0.3, -0.25) is 19.2 Å². The Morgan fingerprint density at radius 3 is 1.01 bits per heavy atom. The van der Waals surface area contributed by atoms with Crippen molar-refractivity contribution in [3.05, 3.63) is 304 Å². The van der Waals surface area contributed by atoms with Gasteiger partial charge < -0.3 is 78.8 Å². The quantitative estimate of drug-likeness (QED) is 0.0265. The highest BCUT2D eigenvalue weighted by Crippen LogP contribution is 2.38. The number of nitrogen functional groups attached to an aromatic ring is 4. The molecule has 8 aromatic carbocycles. The Morgan fingerprint density at radius 1 is 0.391 bits per heavy atom. The summed E-state index contributed by atoms with van der Waals surface area (Å²) < 4.78 is 90.0. The van der Waals surface area contributed by atoms with E-state index in [9.17, 15) is 61.6 Å². The predicted octanol–water partition coefficient (Wildman–Crippen LogP) is 16.5. The van der Waals surface area contributed by atoms with Crippen LogP contribution in [-0.4, -0.2) is 149 Å². The molecule has 0 spiro atoms. The first kappa shape index (κ1) is 100. The molecule has 37 heteroatoms. The molecule has 0 unspecified atom stereocenters. The standard InChI is InChI=1S/C25H25BrF2N4O3.2C24H24ClFN4O3.C23H22ClFN4O2.H2S/c26-16-7-15(8-17(27)10-16)22(12-33)32-25(35)19-6-3-14(9-20(19)28)23-24(29)30-11-21(31-23)13-1-4-18(34)5-2-13;2*25-17-3-1-2-15(10-17)21(13-31)30-24(32)18-5-4-16(11-19(18)26)22-23(27)28-12-20(29-22)14-6-8-33-9-7-14;24-17-3-1-2-14(10-17)12-28-23(30)18-5-4-16(11-19(18)25)21-22(26)27-13-20(29-21)15-6-8-31-9-7-15;/h3,6-11,13,18,22,33-34H,1-2,4-5,12H2,(H2,29,30)(H,32,35);2*1-5,10-12,14,21,31H,6-9,13H2,(H2,27,28)(H,30,32);1-5,10-11,13,15H,6-9,12H2,(H2,26,27)(H,28,30);1H2/t13?,18?,22-;2*21-;;/m111../s1. The molecule has 0 radical (unpaired) electrons. The number of ether oxygens (including phenoxy) is 3. The summed E-state index contributed by atoms with van der Waals surface area (Å²) in [4.78, 5) is 86.1. The molecule has 696 valence electrons. The number of hydrogen-bond acceptors (Lipinski definition) is 23. The summed E-state index contributed by atoms with van der Waals surface area (Å²) >= 11 is 21.1. The first-order chi connectivity index (χ1) is 63.7. The lowest BCUT2D eigenvalue weighted by atomic mass is 9.85. The van der Waals surface area contributed by atoms with E-state index in [1.807, 2.05) is 6.07 Å². The summed E-state index contributed by atoms with van der Waals surface area (Å²) in [5, 5.41) is 50.9. The minimum absolute atomic E-state index is 0. The molecule has 3 saturated heterocycles. The molecule has 27 nitrogen and oxygen atoms in total. The second kappa shape index (κ2) is 47.7. The molecule has 16 N–H and O–H groups in total. The lowest BCUT2D eigenvalue weighted by Gasteiger charge is -2.25. The number of nitrogens with two attached hydrogens (primary N) is 4. The highest BCUT2D eigenvalue weighted by atomic mass is 79.9. The van der Waals surface area contributed by atoms with E-state index in [-0.39, 0.29) is 109 Å². The van der Waals surface area contributed by atoms with E-state index in [1.165, 1.54) is 60.7 Å². The Morgan fingerprint density at radius 2 is 0.699 bits per heavy atom. The number of aromatic nitrogens is 8. The molecule has 0 bridgehead atoms. The highest BCUT2D eigenvalue weighted by molar-refractivity contribution is 9.10. The number of nitrogens with zero attached hydrogens (tertiary/aromatic N) is 8. The van der Waals surface area contributed by atoms with Crippen LogP contribution in [0.4, 0.5) is 45.2 Å². The molecule has 4 amide bonds. The topological polar surface area (TPSA) is 432 Å². The third kappa shape index (κ3) is 26.6. The van der Waals surface area contributed by atoms with Crippen LogP contribution in [0.3, 0.4) is 0 Å². The summed E-state index contributed by atoms with van der Waals surface area (Å²) in [5.41, 5.74) is 32.1. The van der Waals surface area contributed by atoms with Crippen molar-refractivity contribution < 1.29 is 75.8 Å². The number of rotatable bonds is 23. The van der Waals surface area contributed by atoms with Crippen LogP contribution in [0, 0.1) is 29.1 Å². The minimum Gasteiger partial charge on any atom is -0.394 e. The molecule has 12 aromatic rings. The third-order valence-electron chi connectivity index (χ3n) is 22.9. The Labute approximate surface area is 793 Å². The van der Waals surface area contributed by atoms with Crippen molar-refractivity contribution in [2.45, 2.75) is 119 Å². The number of anilines is 4. The number of nitrogens with one attached hydrogen (secondary N) is 4. The number of hydrogen-bond donors (Lipinski definition) is 12. The average Bonchev–Trinajstić information content (AvgIpc) is 0.807. The van der Waals surface area contributed by atoms with Gasteiger partial charge in [-0.15, -0.1) is 0 Å². The average molecular weight is 1960 g/mol. The smallest absolute Gasteiger partial charge is 0.254 e. The van der Waals surface area contributed by atoms with Gasteiger partial charge in [-0.2, -0.15) is 13.5 Å². The van der Waals surface area contributed by atoms with Crippen LogP contribution in [0.1, 0.15) is 192 Å². The lowest BCUT2D eigenvalue weighted by molar-refractivity contribution is 0.0843. The number of halogens is 9. The fourth-order valence-electron chi connectivity index (χ4n) is 15.6. The van der Waals surface area contributed by atoms with Crippen molar-refractivity contribution in [2.24, 2.45) is 0 Å². The third-order valence-corrected chi connectivity index (χ3v) is 24.0. The maximum Gasteiger partial charge on any atom is 0.254 e. The van der Waals surface area contributed by atoms with Crippen molar-refractivity contribution >= 4 is 111 Å². The molecule has 4 aromatic heterocycles. The van der Waals surface area contributed by atoms with Gasteiger partial charge in [-0.05, 0) is 190 Å². The van der Waals surface area contributed by atoms with Crippen LogP contribution in [0.25, 0.3) is 45.0 Å². The van der Waals surface area contributed by atoms with Crippen LogP contribution < -0.4 is 44.2 Å². The van der Waals surface area contributed by atoms with Gasteiger partial charge in [0.2, 0.25) is 0 Å². The second-order valence-electron chi connectivity index (χ2n) is 31.8. The molecule has 4 fully saturated rings. The van der Waals surface area contributed by atoms with Crippen LogP contribution in [0.5, 0.6) is 0 Å². The summed E-state index contributed by atoms with van der Waals surface area (Å²) in [6.45, 7) is 3.02. The zero-order chi connectivity index (χ0) is 93.6. The fraction of sp³-hybridized carbons (Fsp3) is 0.292. The highest BCUT2D eigenvalue weighted by Gasteiger charge is 2.30. The largest absolute Gasteiger partial charge is 0.394 e. The van der Waals surface area contributed by atoms with Crippen LogP contribution >= 0.6 is 64.2 Å². The van der Waals surface area contributed by atoms with Crippen molar-refractivity contribution in [1.29, 1.82) is 0 Å². The van der Waals surface area contributed by atoms with E-state index in [1.54, 1.807) is 116 Å². The van der Waals surface area contributed by atoms with Gasteiger partial charge in [0.25, 0.3) is 23.6 Å². The van der Waals surface area contributed by atoms with Crippen molar-refractivity contribution in [1.82, 2.24) is 61.1 Å². The second-order valence-corrected chi connectivity index (χ2v) is 34.0. The van der Waals surface area contributed by atoms with Crippen LogP contribution in [0.15, 0.2) is 193 Å². The predicted molar refractivity (Wildman–Crippen MR) is 505 cm³/mol. The Balaban J connectivity index is 0.000000160. The number of benzene rings is 8. The zero-order valence-electron chi connectivity index (χ0n) is 71.6. The van der Waals surface area contributed by atoms with Gasteiger partial charge in [-0.1, -0.05) is 111 Å². The molecular weight excluding hydrogens is 1870 g/mol. The Kier molecular flexibility index (Phi) is 36.0. The van der Waals surface area contributed by atoms with Gasteiger partial charge in [0.1, 0.15) is 75.1 Å². The number of carbonyl (C=O) groups excluding carboxylic acids is 4. The molecule has 1 saturated carbocycles. The number of carbonyl (C=O) groups is 4. The zero-order valence-corrected chi connectivity index (χ0v) is 76.4. The number of amides is 4. The first-order valence-corrected chi connectivity index (χ1v) is 44.5. The van der Waals surface area contributed by atoms with Gasteiger partial charge in [-0.25, -0.2) is 61.8 Å². The van der Waals surface area contributed by atoms with Crippen LogP contribution in [0.2, 0.25) is 15.1 Å². The summed E-state index contributed by atoms with van der Waals surface area (Å²) in [6.07, 6.45) is 14.3. The number of aliphatic hydroxyl groups excluding tert-OH is 4. The molecule has 7 heterocycles. The van der Waals surface area contributed by atoms with Crippen LogP contribution in [-0.2, 0) is 20.8 Å². The van der Waals surface area contributed by atoms with E-state index >= 15 is 0 Å². The summed E-state index contributed by atoms with van der Waals surface area (Å²) in [7, 11) is 0. The normalized spacial score (nSPS) is 15.9. The molecule has 4 aliphatic rings. The maximum atomic E-state index is 15.0. The summed E-state index contributed by atoms with van der Waals surface area (Å²) in [5.74, 6) is -4.53. The van der Waals surface area contributed by atoms with Crippen molar-refractivity contribution in [2.75, 3.05) is 82.4 Å². The molecule has 133 heavy (non-hydrogen) atoms. The molecule has 1 aliphatic carbocycles. The van der Waals surface area contributed by atoms with E-state index in [4.69, 9.17) is 71.9 Å². The summed E-state index contributed by atoms with van der Waals surface area (Å²) in [6, 6.07) is 38.9. The monoisotopic (exact) mass is 1960 g/mol. The molecule has 16 rings (SSSR count). The minimum atomic E-state index is -0.930. The van der Waals surface area contributed by atoms with E-state index in [0.717, 1.165) is 85.8 Å². The Hall–Kier alpha value is -11.8. The van der Waals surface area contributed by atoms with E-state index in [0.29, 0.717) is 134 Å². The SMILES string of the molecule is Nc1ncc(C2CCC(O)CC2)nc1-c1ccc(C(=O)N[C@H](CO)c2cc(F)cc(Br)c2)c(F)c1.Nc1ncc(C2CCOCC2)nc1-c1ccc(C(=O)NCc2cccc(Cl)c2)c(F)c1.Nc1ncc(C2CCOCC2)nc1-c1ccc(C(=O)N[C@H](CO)c2cccc(Cl)c2)c(F)c1.Nc1ncc(C2CCOCC2)nc1-c1ccc(C(=O)N[C@H](CO)c2cccc(Cl)c2)c(F)c1.S.